The van der Waals surface area contributed by atoms with Crippen LogP contribution in [0.4, 0.5) is 0 Å². The molecule has 0 aliphatic carbocycles. The zero-order valence-electron chi connectivity index (χ0n) is 8.57. The van der Waals surface area contributed by atoms with Crippen molar-refractivity contribution < 1.29 is 5.11 Å². The highest BCUT2D eigenvalue weighted by Crippen LogP contribution is 2.01. The Kier molecular flexibility index (Phi) is 5.75. The molecule has 3 nitrogen and oxygen atoms in total. The number of aliphatic hydroxyl groups is 1. The molecule has 0 aromatic carbocycles. The quantitative estimate of drug-likeness (QED) is 0.680. The molecule has 0 spiro atoms. The first-order valence-corrected chi connectivity index (χ1v) is 6.03. The van der Waals surface area contributed by atoms with Gasteiger partial charge in [0.25, 0.3) is 0 Å². The fraction of sp³-hybridized carbons (Fsp3) is 0.700. The molecular formula is C10H18N2OS. The van der Waals surface area contributed by atoms with Gasteiger partial charge in [-0.3, -0.25) is 0 Å². The summed E-state index contributed by atoms with van der Waals surface area (Å²) >= 11 is 1.62. The third-order valence-electron chi connectivity index (χ3n) is 2.15. The van der Waals surface area contributed by atoms with E-state index in [9.17, 15) is 5.11 Å². The summed E-state index contributed by atoms with van der Waals surface area (Å²) in [5.74, 6) is 0. The van der Waals surface area contributed by atoms with Crippen LogP contribution in [0.1, 0.15) is 31.9 Å². The summed E-state index contributed by atoms with van der Waals surface area (Å²) in [5.41, 5.74) is 2.95. The molecule has 1 heterocycles. The lowest BCUT2D eigenvalue weighted by Gasteiger charge is -2.07. The molecule has 2 N–H and O–H groups in total. The van der Waals surface area contributed by atoms with E-state index in [1.54, 1.807) is 11.3 Å². The third-order valence-corrected chi connectivity index (χ3v) is 2.79. The van der Waals surface area contributed by atoms with Crippen molar-refractivity contribution in [3.8, 4) is 0 Å². The lowest BCUT2D eigenvalue weighted by Crippen LogP contribution is -2.16. The second kappa shape index (κ2) is 6.92. The molecule has 0 saturated carbocycles. The molecule has 80 valence electrons. The van der Waals surface area contributed by atoms with E-state index in [4.69, 9.17) is 0 Å². The van der Waals surface area contributed by atoms with Crippen molar-refractivity contribution in [1.82, 2.24) is 10.3 Å². The molecule has 1 aromatic heterocycles. The Balaban J connectivity index is 1.95. The van der Waals surface area contributed by atoms with E-state index in [-0.39, 0.29) is 6.10 Å². The molecule has 4 heteroatoms. The van der Waals surface area contributed by atoms with Crippen LogP contribution in [0.15, 0.2) is 10.9 Å². The Morgan fingerprint density at radius 3 is 3.14 bits per heavy atom. The summed E-state index contributed by atoms with van der Waals surface area (Å²) in [4.78, 5) is 4.17. The Labute approximate surface area is 89.2 Å². The molecular weight excluding hydrogens is 196 g/mol. The van der Waals surface area contributed by atoms with Crippen molar-refractivity contribution in [3.63, 3.8) is 0 Å². The molecule has 0 aliphatic heterocycles. The molecule has 1 unspecified atom stereocenters. The minimum atomic E-state index is -0.129. The smallest absolute Gasteiger partial charge is 0.0795 e. The Bertz CT molecular complexity index is 226. The van der Waals surface area contributed by atoms with E-state index in [1.165, 1.54) is 0 Å². The lowest BCUT2D eigenvalue weighted by atomic mass is 10.1. The molecule has 0 radical (unpaired) electrons. The van der Waals surface area contributed by atoms with Crippen LogP contribution in [-0.4, -0.2) is 22.7 Å². The van der Waals surface area contributed by atoms with Gasteiger partial charge in [-0.1, -0.05) is 6.92 Å². The minimum absolute atomic E-state index is 0.129. The van der Waals surface area contributed by atoms with Gasteiger partial charge in [0.15, 0.2) is 0 Å². The predicted molar refractivity (Wildman–Crippen MR) is 59.4 cm³/mol. The van der Waals surface area contributed by atoms with Crippen molar-refractivity contribution in [2.45, 2.75) is 38.8 Å². The molecule has 0 saturated heterocycles. The monoisotopic (exact) mass is 214 g/mol. The maximum absolute atomic E-state index is 9.30. The number of aliphatic hydroxyl groups excluding tert-OH is 1. The summed E-state index contributed by atoms with van der Waals surface area (Å²) in [5, 5.41) is 14.7. The summed E-state index contributed by atoms with van der Waals surface area (Å²) in [6.07, 6.45) is 2.64. The van der Waals surface area contributed by atoms with Crippen LogP contribution in [-0.2, 0) is 6.54 Å². The molecule has 0 bridgehead atoms. The number of aromatic nitrogens is 1. The minimum Gasteiger partial charge on any atom is -0.393 e. The SMILES string of the molecule is CCC(O)CCCNCc1cscn1. The molecule has 0 amide bonds. The first-order chi connectivity index (χ1) is 6.83. The number of hydrogen-bond donors (Lipinski definition) is 2. The van der Waals surface area contributed by atoms with E-state index in [1.807, 2.05) is 17.8 Å². The molecule has 1 atom stereocenters. The predicted octanol–water partition coefficient (Wildman–Crippen LogP) is 1.78. The van der Waals surface area contributed by atoms with E-state index in [0.29, 0.717) is 0 Å². The Hall–Kier alpha value is -0.450. The topological polar surface area (TPSA) is 45.1 Å². The van der Waals surface area contributed by atoms with Crippen LogP contribution in [0.25, 0.3) is 0 Å². The van der Waals surface area contributed by atoms with Crippen molar-refractivity contribution in [2.75, 3.05) is 6.54 Å². The third kappa shape index (κ3) is 4.69. The van der Waals surface area contributed by atoms with Gasteiger partial charge in [-0.15, -0.1) is 11.3 Å². The lowest BCUT2D eigenvalue weighted by molar-refractivity contribution is 0.157. The van der Waals surface area contributed by atoms with Crippen LogP contribution in [0, 0.1) is 0 Å². The molecule has 0 aliphatic rings. The second-order valence-corrected chi connectivity index (χ2v) is 4.08. The zero-order valence-corrected chi connectivity index (χ0v) is 9.39. The van der Waals surface area contributed by atoms with E-state index < -0.39 is 0 Å². The average Bonchev–Trinajstić information content (AvgIpc) is 2.69. The van der Waals surface area contributed by atoms with Crippen molar-refractivity contribution in [3.05, 3.63) is 16.6 Å². The van der Waals surface area contributed by atoms with Crippen LogP contribution in [0.3, 0.4) is 0 Å². The molecule has 1 aromatic rings. The van der Waals surface area contributed by atoms with Gasteiger partial charge in [-0.2, -0.15) is 0 Å². The molecule has 14 heavy (non-hydrogen) atoms. The van der Waals surface area contributed by atoms with Gasteiger partial charge >= 0.3 is 0 Å². The fourth-order valence-electron chi connectivity index (χ4n) is 1.21. The number of nitrogens with zero attached hydrogens (tertiary/aromatic N) is 1. The van der Waals surface area contributed by atoms with Gasteiger partial charge in [-0.25, -0.2) is 4.98 Å². The number of hydrogen-bond acceptors (Lipinski definition) is 4. The average molecular weight is 214 g/mol. The van der Waals surface area contributed by atoms with Gasteiger partial charge in [0.1, 0.15) is 0 Å². The number of thiazole rings is 1. The Morgan fingerprint density at radius 1 is 1.64 bits per heavy atom. The zero-order chi connectivity index (χ0) is 10.2. The maximum atomic E-state index is 9.30. The van der Waals surface area contributed by atoms with Crippen LogP contribution >= 0.6 is 11.3 Å². The van der Waals surface area contributed by atoms with Crippen molar-refractivity contribution in [1.29, 1.82) is 0 Å². The largest absolute Gasteiger partial charge is 0.393 e. The summed E-state index contributed by atoms with van der Waals surface area (Å²) < 4.78 is 0. The van der Waals surface area contributed by atoms with Crippen LogP contribution in [0.5, 0.6) is 0 Å². The van der Waals surface area contributed by atoms with E-state index in [0.717, 1.165) is 38.0 Å². The summed E-state index contributed by atoms with van der Waals surface area (Å²) in [6.45, 7) is 3.80. The highest BCUT2D eigenvalue weighted by Gasteiger charge is 1.99. The fourth-order valence-corrected chi connectivity index (χ4v) is 1.77. The van der Waals surface area contributed by atoms with Gasteiger partial charge < -0.3 is 10.4 Å². The van der Waals surface area contributed by atoms with Crippen molar-refractivity contribution >= 4 is 11.3 Å². The summed E-state index contributed by atoms with van der Waals surface area (Å²) in [6, 6.07) is 0. The van der Waals surface area contributed by atoms with Crippen molar-refractivity contribution in [2.24, 2.45) is 0 Å². The van der Waals surface area contributed by atoms with Gasteiger partial charge in [-0.05, 0) is 25.8 Å². The van der Waals surface area contributed by atoms with E-state index in [2.05, 4.69) is 10.3 Å². The van der Waals surface area contributed by atoms with Gasteiger partial charge in [0.2, 0.25) is 0 Å². The number of nitrogens with one attached hydrogen (secondary N) is 1. The van der Waals surface area contributed by atoms with Gasteiger partial charge in [0, 0.05) is 11.9 Å². The maximum Gasteiger partial charge on any atom is 0.0795 e. The second-order valence-electron chi connectivity index (χ2n) is 3.36. The normalized spacial score (nSPS) is 13.0. The molecule has 1 rings (SSSR count). The van der Waals surface area contributed by atoms with E-state index >= 15 is 0 Å². The standard InChI is InChI=1S/C10H18N2OS/c1-2-10(13)4-3-5-11-6-9-7-14-8-12-9/h7-8,10-11,13H,2-6H2,1H3. The Morgan fingerprint density at radius 2 is 2.50 bits per heavy atom. The number of rotatable bonds is 7. The highest BCUT2D eigenvalue weighted by atomic mass is 32.1. The molecule has 0 fully saturated rings. The van der Waals surface area contributed by atoms with Crippen LogP contribution < -0.4 is 5.32 Å². The first-order valence-electron chi connectivity index (χ1n) is 5.08. The van der Waals surface area contributed by atoms with Crippen LogP contribution in [0.2, 0.25) is 0 Å². The summed E-state index contributed by atoms with van der Waals surface area (Å²) in [7, 11) is 0. The van der Waals surface area contributed by atoms with Gasteiger partial charge in [0.05, 0.1) is 17.3 Å². The first kappa shape index (κ1) is 11.6. The highest BCUT2D eigenvalue weighted by molar-refractivity contribution is 7.07.